The van der Waals surface area contributed by atoms with Crippen LogP contribution in [0.2, 0.25) is 0 Å². The maximum absolute atomic E-state index is 13.6. The first-order valence-electron chi connectivity index (χ1n) is 7.19. The molecule has 1 aromatic carbocycles. The van der Waals surface area contributed by atoms with E-state index in [4.69, 9.17) is 4.74 Å². The normalized spacial score (nSPS) is 11.2. The van der Waals surface area contributed by atoms with E-state index >= 15 is 0 Å². The van der Waals surface area contributed by atoms with Gasteiger partial charge in [0, 0.05) is 18.7 Å². The molecule has 0 fully saturated rings. The molecule has 0 unspecified atom stereocenters. The van der Waals surface area contributed by atoms with Gasteiger partial charge in [-0.25, -0.2) is 4.39 Å². The SMILES string of the molecule is CCCNCc1ccc(F)c(COCCC(C)C)c1. The average Bonchev–Trinajstić information content (AvgIpc) is 2.38. The lowest BCUT2D eigenvalue weighted by molar-refractivity contribution is 0.108. The molecule has 19 heavy (non-hydrogen) atoms. The van der Waals surface area contributed by atoms with Gasteiger partial charge in [-0.1, -0.05) is 26.8 Å². The van der Waals surface area contributed by atoms with Crippen LogP contribution in [-0.4, -0.2) is 13.2 Å². The Morgan fingerprint density at radius 2 is 2.11 bits per heavy atom. The number of ether oxygens (including phenoxy) is 1. The lowest BCUT2D eigenvalue weighted by Gasteiger charge is -2.09. The monoisotopic (exact) mass is 267 g/mol. The van der Waals surface area contributed by atoms with Crippen LogP contribution in [0.1, 0.15) is 44.7 Å². The van der Waals surface area contributed by atoms with Gasteiger partial charge in [0.2, 0.25) is 0 Å². The molecule has 108 valence electrons. The molecule has 0 saturated carbocycles. The van der Waals surface area contributed by atoms with Crippen molar-refractivity contribution >= 4 is 0 Å². The van der Waals surface area contributed by atoms with Gasteiger partial charge in [0.1, 0.15) is 5.82 Å². The van der Waals surface area contributed by atoms with Gasteiger partial charge >= 0.3 is 0 Å². The first kappa shape index (κ1) is 16.1. The molecule has 1 rings (SSSR count). The van der Waals surface area contributed by atoms with Crippen molar-refractivity contribution in [3.8, 4) is 0 Å². The second-order valence-electron chi connectivity index (χ2n) is 5.34. The fourth-order valence-electron chi connectivity index (χ4n) is 1.76. The van der Waals surface area contributed by atoms with E-state index in [9.17, 15) is 4.39 Å². The molecule has 0 aliphatic heterocycles. The molecule has 0 aromatic heterocycles. The van der Waals surface area contributed by atoms with E-state index < -0.39 is 0 Å². The Balaban J connectivity index is 2.44. The van der Waals surface area contributed by atoms with E-state index in [0.29, 0.717) is 24.7 Å². The lowest BCUT2D eigenvalue weighted by Crippen LogP contribution is -2.14. The Labute approximate surface area is 116 Å². The van der Waals surface area contributed by atoms with Crippen LogP contribution in [0, 0.1) is 11.7 Å². The summed E-state index contributed by atoms with van der Waals surface area (Å²) in [6.45, 7) is 9.26. The van der Waals surface area contributed by atoms with Crippen LogP contribution in [0.25, 0.3) is 0 Å². The second kappa shape index (κ2) is 9.05. The molecule has 0 aliphatic carbocycles. The van der Waals surface area contributed by atoms with Gasteiger partial charge in [0.05, 0.1) is 6.61 Å². The summed E-state index contributed by atoms with van der Waals surface area (Å²) < 4.78 is 19.2. The zero-order chi connectivity index (χ0) is 14.1. The number of benzene rings is 1. The molecule has 0 aliphatic rings. The molecule has 0 bridgehead atoms. The van der Waals surface area contributed by atoms with Crippen LogP contribution in [0.4, 0.5) is 4.39 Å². The van der Waals surface area contributed by atoms with Crippen LogP contribution in [0.15, 0.2) is 18.2 Å². The number of halogens is 1. The fourth-order valence-corrected chi connectivity index (χ4v) is 1.76. The van der Waals surface area contributed by atoms with Gasteiger partial charge in [0.25, 0.3) is 0 Å². The van der Waals surface area contributed by atoms with Crippen LogP contribution >= 0.6 is 0 Å². The first-order chi connectivity index (χ1) is 9.13. The predicted molar refractivity (Wildman–Crippen MR) is 77.5 cm³/mol. The highest BCUT2D eigenvalue weighted by atomic mass is 19.1. The molecule has 0 radical (unpaired) electrons. The molecule has 1 N–H and O–H groups in total. The molecular weight excluding hydrogens is 241 g/mol. The first-order valence-corrected chi connectivity index (χ1v) is 7.19. The largest absolute Gasteiger partial charge is 0.377 e. The van der Waals surface area contributed by atoms with E-state index in [1.54, 1.807) is 0 Å². The minimum atomic E-state index is -0.177. The van der Waals surface area contributed by atoms with Gasteiger partial charge in [0.15, 0.2) is 0 Å². The number of rotatable bonds is 9. The summed E-state index contributed by atoms with van der Waals surface area (Å²) in [7, 11) is 0. The topological polar surface area (TPSA) is 21.3 Å². The third-order valence-electron chi connectivity index (χ3n) is 2.96. The molecule has 0 saturated heterocycles. The number of nitrogens with one attached hydrogen (secondary N) is 1. The Morgan fingerprint density at radius 1 is 1.32 bits per heavy atom. The molecule has 0 heterocycles. The van der Waals surface area contributed by atoms with Crippen LogP contribution in [-0.2, 0) is 17.9 Å². The van der Waals surface area contributed by atoms with Crippen molar-refractivity contribution in [1.82, 2.24) is 5.32 Å². The zero-order valence-corrected chi connectivity index (χ0v) is 12.3. The summed E-state index contributed by atoms with van der Waals surface area (Å²) in [6.07, 6.45) is 2.12. The number of hydrogen-bond acceptors (Lipinski definition) is 2. The smallest absolute Gasteiger partial charge is 0.128 e. The van der Waals surface area contributed by atoms with Crippen LogP contribution in [0.3, 0.4) is 0 Å². The van der Waals surface area contributed by atoms with Gasteiger partial charge in [-0.2, -0.15) is 0 Å². The third-order valence-corrected chi connectivity index (χ3v) is 2.96. The van der Waals surface area contributed by atoms with Gasteiger partial charge < -0.3 is 10.1 Å². The fraction of sp³-hybridized carbons (Fsp3) is 0.625. The van der Waals surface area contributed by atoms with Gasteiger partial charge in [-0.15, -0.1) is 0 Å². The van der Waals surface area contributed by atoms with Crippen molar-refractivity contribution in [2.45, 2.75) is 46.8 Å². The Hall–Kier alpha value is -0.930. The standard InChI is InChI=1S/C16H26FNO/c1-4-8-18-11-14-5-6-16(17)15(10-14)12-19-9-7-13(2)3/h5-6,10,13,18H,4,7-9,11-12H2,1-3H3. The minimum absolute atomic E-state index is 0.177. The van der Waals surface area contributed by atoms with Crippen molar-refractivity contribution in [3.05, 3.63) is 35.1 Å². The average molecular weight is 267 g/mol. The van der Waals surface area contributed by atoms with E-state index in [1.807, 2.05) is 12.1 Å². The summed E-state index contributed by atoms with van der Waals surface area (Å²) in [4.78, 5) is 0. The van der Waals surface area contributed by atoms with Crippen molar-refractivity contribution in [1.29, 1.82) is 0 Å². The quantitative estimate of drug-likeness (QED) is 0.685. The molecule has 1 aromatic rings. The van der Waals surface area contributed by atoms with E-state index in [1.165, 1.54) is 6.07 Å². The number of hydrogen-bond donors (Lipinski definition) is 1. The summed E-state index contributed by atoms with van der Waals surface area (Å²) in [5.74, 6) is 0.443. The highest BCUT2D eigenvalue weighted by Gasteiger charge is 2.04. The second-order valence-corrected chi connectivity index (χ2v) is 5.34. The van der Waals surface area contributed by atoms with Crippen LogP contribution < -0.4 is 5.32 Å². The Kier molecular flexibility index (Phi) is 7.68. The lowest BCUT2D eigenvalue weighted by atomic mass is 10.1. The molecular formula is C16H26FNO. The summed E-state index contributed by atoms with van der Waals surface area (Å²) in [5, 5.41) is 3.32. The summed E-state index contributed by atoms with van der Waals surface area (Å²) in [6, 6.07) is 5.26. The summed E-state index contributed by atoms with van der Waals surface area (Å²) in [5.41, 5.74) is 1.76. The molecule has 0 amide bonds. The zero-order valence-electron chi connectivity index (χ0n) is 12.3. The molecule has 2 nitrogen and oxygen atoms in total. The Bertz CT molecular complexity index is 366. The van der Waals surface area contributed by atoms with Crippen molar-refractivity contribution < 1.29 is 9.13 Å². The highest BCUT2D eigenvalue weighted by molar-refractivity contribution is 5.24. The maximum atomic E-state index is 13.6. The third kappa shape index (κ3) is 6.69. The maximum Gasteiger partial charge on any atom is 0.128 e. The molecule has 0 atom stereocenters. The van der Waals surface area contributed by atoms with Crippen LogP contribution in [0.5, 0.6) is 0 Å². The Morgan fingerprint density at radius 3 is 2.79 bits per heavy atom. The van der Waals surface area contributed by atoms with Gasteiger partial charge in [-0.05, 0) is 43.0 Å². The highest BCUT2D eigenvalue weighted by Crippen LogP contribution is 2.12. The van der Waals surface area contributed by atoms with Crippen molar-refractivity contribution in [3.63, 3.8) is 0 Å². The van der Waals surface area contributed by atoms with E-state index in [0.717, 1.165) is 31.5 Å². The molecule has 3 heteroatoms. The predicted octanol–water partition coefficient (Wildman–Crippen LogP) is 3.89. The van der Waals surface area contributed by atoms with Gasteiger partial charge in [-0.3, -0.25) is 0 Å². The van der Waals surface area contributed by atoms with Crippen molar-refractivity contribution in [2.24, 2.45) is 5.92 Å². The van der Waals surface area contributed by atoms with E-state index in [2.05, 4.69) is 26.1 Å². The minimum Gasteiger partial charge on any atom is -0.377 e. The summed E-state index contributed by atoms with van der Waals surface area (Å²) >= 11 is 0. The van der Waals surface area contributed by atoms with Crippen molar-refractivity contribution in [2.75, 3.05) is 13.2 Å². The van der Waals surface area contributed by atoms with E-state index in [-0.39, 0.29) is 5.82 Å². The molecule has 0 spiro atoms.